The maximum absolute atomic E-state index is 5.68. The maximum atomic E-state index is 5.68. The average Bonchev–Trinajstić information content (AvgIpc) is 3.38. The van der Waals surface area contributed by atoms with Crippen LogP contribution < -0.4 is 10.1 Å². The molecule has 0 aromatic carbocycles. The molecule has 1 saturated carbocycles. The minimum Gasteiger partial charge on any atom is -0.478 e. The first-order chi connectivity index (χ1) is 11.2. The van der Waals surface area contributed by atoms with Gasteiger partial charge in [0.1, 0.15) is 0 Å². The van der Waals surface area contributed by atoms with Gasteiger partial charge in [-0.2, -0.15) is 0 Å². The topological polar surface area (TPSA) is 59.0 Å². The molecule has 1 aliphatic rings. The minimum absolute atomic E-state index is 0. The Morgan fingerprint density at radius 3 is 2.92 bits per heavy atom. The number of halogens is 1. The number of likely N-dealkylation sites (N-methyl/N-ethyl adjacent to an activating group) is 1. The lowest BCUT2D eigenvalue weighted by Gasteiger charge is -2.22. The van der Waals surface area contributed by atoms with E-state index in [0.29, 0.717) is 19.0 Å². The van der Waals surface area contributed by atoms with Crippen molar-refractivity contribution in [2.24, 2.45) is 10.9 Å². The van der Waals surface area contributed by atoms with E-state index in [1.54, 1.807) is 13.2 Å². The molecular weight excluding hydrogens is 419 g/mol. The molecule has 6 nitrogen and oxygen atoms in total. The number of nitrogens with zero attached hydrogens (tertiary/aromatic N) is 3. The van der Waals surface area contributed by atoms with Gasteiger partial charge in [-0.25, -0.2) is 4.98 Å². The number of hydrogen-bond donors (Lipinski definition) is 1. The van der Waals surface area contributed by atoms with Gasteiger partial charge in [-0.15, -0.1) is 24.0 Å². The van der Waals surface area contributed by atoms with E-state index in [4.69, 9.17) is 9.47 Å². The fourth-order valence-corrected chi connectivity index (χ4v) is 2.23. The fraction of sp³-hybridized carbons (Fsp3) is 0.647. The first kappa shape index (κ1) is 21.0. The van der Waals surface area contributed by atoms with E-state index >= 15 is 0 Å². The van der Waals surface area contributed by atoms with Crippen molar-refractivity contribution in [3.05, 3.63) is 23.9 Å². The molecule has 24 heavy (non-hydrogen) atoms. The van der Waals surface area contributed by atoms with Gasteiger partial charge in [0.05, 0.1) is 13.2 Å². The quantitative estimate of drug-likeness (QED) is 0.272. The Hall–Kier alpha value is -1.09. The molecule has 0 spiro atoms. The normalized spacial score (nSPS) is 14.0. The van der Waals surface area contributed by atoms with E-state index in [0.717, 1.165) is 37.2 Å². The maximum Gasteiger partial charge on any atom is 0.218 e. The molecule has 0 saturated heterocycles. The Labute approximate surface area is 162 Å². The molecule has 0 radical (unpaired) electrons. The lowest BCUT2D eigenvalue weighted by atomic mass is 10.2. The number of aliphatic imine (C=N–C) groups is 1. The summed E-state index contributed by atoms with van der Waals surface area (Å²) in [7, 11) is 3.80. The van der Waals surface area contributed by atoms with E-state index in [9.17, 15) is 0 Å². The minimum atomic E-state index is 0. The summed E-state index contributed by atoms with van der Waals surface area (Å²) in [6.45, 7) is 5.64. The summed E-state index contributed by atoms with van der Waals surface area (Å²) < 4.78 is 11.2. The second-order valence-corrected chi connectivity index (χ2v) is 5.74. The predicted octanol–water partition coefficient (Wildman–Crippen LogP) is 2.53. The summed E-state index contributed by atoms with van der Waals surface area (Å²) in [4.78, 5) is 10.7. The molecule has 0 atom stereocenters. The van der Waals surface area contributed by atoms with Crippen LogP contribution in [0, 0.1) is 5.92 Å². The van der Waals surface area contributed by atoms with Crippen LogP contribution in [-0.2, 0) is 11.3 Å². The number of ether oxygens (including phenoxy) is 2. The van der Waals surface area contributed by atoms with Crippen LogP contribution in [0.15, 0.2) is 23.3 Å². The number of guanidine groups is 1. The van der Waals surface area contributed by atoms with E-state index in [1.807, 2.05) is 26.1 Å². The van der Waals surface area contributed by atoms with Crippen molar-refractivity contribution in [1.29, 1.82) is 0 Å². The zero-order valence-corrected chi connectivity index (χ0v) is 17.2. The number of pyridine rings is 1. The molecule has 7 heteroatoms. The second-order valence-electron chi connectivity index (χ2n) is 5.74. The predicted molar refractivity (Wildman–Crippen MR) is 107 cm³/mol. The lowest BCUT2D eigenvalue weighted by Crippen LogP contribution is -2.40. The standard InChI is InChI=1S/C17H28N4O2.HI/c1-4-23-16-15(6-5-9-19-16)12-20-17(18-2)21(3)10-11-22-13-14-7-8-14;/h5-6,9,14H,4,7-8,10-13H2,1-3H3,(H,18,20);1H. The Kier molecular flexibility index (Phi) is 10.0. The van der Waals surface area contributed by atoms with Crippen LogP contribution in [0.2, 0.25) is 0 Å². The van der Waals surface area contributed by atoms with Crippen LogP contribution in [0.5, 0.6) is 5.88 Å². The molecule has 1 aliphatic carbocycles. The van der Waals surface area contributed by atoms with Gasteiger partial charge in [0.25, 0.3) is 0 Å². The number of hydrogen-bond acceptors (Lipinski definition) is 4. The third kappa shape index (κ3) is 7.21. The van der Waals surface area contributed by atoms with Crippen LogP contribution in [0.4, 0.5) is 0 Å². The molecule has 1 heterocycles. The Morgan fingerprint density at radius 2 is 2.25 bits per heavy atom. The summed E-state index contributed by atoms with van der Waals surface area (Å²) in [5, 5.41) is 3.35. The van der Waals surface area contributed by atoms with Crippen molar-refractivity contribution in [3.8, 4) is 5.88 Å². The SMILES string of the molecule is CCOc1ncccc1CNC(=NC)N(C)CCOCC1CC1.I. The highest BCUT2D eigenvalue weighted by atomic mass is 127. The van der Waals surface area contributed by atoms with Crippen LogP contribution in [0.25, 0.3) is 0 Å². The summed E-state index contributed by atoms with van der Waals surface area (Å²) in [6, 6.07) is 3.93. The zero-order chi connectivity index (χ0) is 16.5. The first-order valence-corrected chi connectivity index (χ1v) is 8.30. The van der Waals surface area contributed by atoms with E-state index in [-0.39, 0.29) is 24.0 Å². The van der Waals surface area contributed by atoms with Gasteiger partial charge in [-0.05, 0) is 31.7 Å². The zero-order valence-electron chi connectivity index (χ0n) is 14.8. The van der Waals surface area contributed by atoms with Gasteiger partial charge in [0.15, 0.2) is 5.96 Å². The Morgan fingerprint density at radius 1 is 1.46 bits per heavy atom. The summed E-state index contributed by atoms with van der Waals surface area (Å²) in [5.41, 5.74) is 1.02. The third-order valence-electron chi connectivity index (χ3n) is 3.76. The van der Waals surface area contributed by atoms with Gasteiger partial charge >= 0.3 is 0 Å². The second kappa shape index (κ2) is 11.5. The molecule has 1 fully saturated rings. The van der Waals surface area contributed by atoms with Crippen molar-refractivity contribution in [2.75, 3.05) is 40.5 Å². The largest absolute Gasteiger partial charge is 0.478 e. The third-order valence-corrected chi connectivity index (χ3v) is 3.76. The van der Waals surface area contributed by atoms with Crippen molar-refractivity contribution in [3.63, 3.8) is 0 Å². The van der Waals surface area contributed by atoms with Gasteiger partial charge < -0.3 is 19.7 Å². The van der Waals surface area contributed by atoms with Gasteiger partial charge in [-0.1, -0.05) is 6.07 Å². The van der Waals surface area contributed by atoms with Gasteiger partial charge in [0, 0.05) is 45.6 Å². The molecular formula is C17H29IN4O2. The molecule has 1 aromatic heterocycles. The lowest BCUT2D eigenvalue weighted by molar-refractivity contribution is 0.115. The van der Waals surface area contributed by atoms with E-state index < -0.39 is 0 Å². The Bertz CT molecular complexity index is 509. The summed E-state index contributed by atoms with van der Waals surface area (Å²) >= 11 is 0. The summed E-state index contributed by atoms with van der Waals surface area (Å²) in [5.74, 6) is 2.32. The van der Waals surface area contributed by atoms with Crippen molar-refractivity contribution in [1.82, 2.24) is 15.2 Å². The molecule has 0 amide bonds. The van der Waals surface area contributed by atoms with Crippen molar-refractivity contribution in [2.45, 2.75) is 26.3 Å². The molecule has 0 aliphatic heterocycles. The fourth-order valence-electron chi connectivity index (χ4n) is 2.23. The first-order valence-electron chi connectivity index (χ1n) is 8.30. The highest BCUT2D eigenvalue weighted by Crippen LogP contribution is 2.28. The average molecular weight is 448 g/mol. The molecule has 136 valence electrons. The highest BCUT2D eigenvalue weighted by Gasteiger charge is 2.21. The van der Waals surface area contributed by atoms with Gasteiger partial charge in [0.2, 0.25) is 5.88 Å². The number of aromatic nitrogens is 1. The molecule has 1 N–H and O–H groups in total. The van der Waals surface area contributed by atoms with Crippen LogP contribution in [0.1, 0.15) is 25.3 Å². The highest BCUT2D eigenvalue weighted by molar-refractivity contribution is 14.0. The van der Waals surface area contributed by atoms with Crippen molar-refractivity contribution >= 4 is 29.9 Å². The van der Waals surface area contributed by atoms with E-state index in [1.165, 1.54) is 12.8 Å². The Balaban J connectivity index is 0.00000288. The van der Waals surface area contributed by atoms with Crippen LogP contribution in [0.3, 0.4) is 0 Å². The molecule has 1 aromatic rings. The van der Waals surface area contributed by atoms with Crippen molar-refractivity contribution < 1.29 is 9.47 Å². The molecule has 0 unspecified atom stereocenters. The number of nitrogens with one attached hydrogen (secondary N) is 1. The van der Waals surface area contributed by atoms with Crippen LogP contribution in [-0.4, -0.2) is 56.3 Å². The molecule has 0 bridgehead atoms. The monoisotopic (exact) mass is 448 g/mol. The number of rotatable bonds is 9. The summed E-state index contributed by atoms with van der Waals surface area (Å²) in [6.07, 6.45) is 4.39. The smallest absolute Gasteiger partial charge is 0.218 e. The van der Waals surface area contributed by atoms with E-state index in [2.05, 4.69) is 20.2 Å². The van der Waals surface area contributed by atoms with Crippen LogP contribution >= 0.6 is 24.0 Å². The molecule has 2 rings (SSSR count). The van der Waals surface area contributed by atoms with Gasteiger partial charge in [-0.3, -0.25) is 4.99 Å².